The monoisotopic (exact) mass is 249 g/mol. The third kappa shape index (κ3) is 4.35. The minimum absolute atomic E-state index is 0.144. The molecular weight excluding hydrogens is 234 g/mol. The molecule has 0 aliphatic heterocycles. The Kier molecular flexibility index (Phi) is 5.02. The molecule has 0 bridgehead atoms. The first-order chi connectivity index (χ1) is 8.52. The highest BCUT2D eigenvalue weighted by molar-refractivity contribution is 5.73. The Balaban J connectivity index is 2.80. The number of rotatable bonds is 6. The molecule has 0 amide bonds. The summed E-state index contributed by atoms with van der Waals surface area (Å²) in [6, 6.07) is 1.87. The molecule has 7 nitrogen and oxygen atoms in total. The first-order valence-electron chi connectivity index (χ1n) is 5.36. The molecule has 0 aromatic carbocycles. The molecule has 0 aliphatic carbocycles. The zero-order chi connectivity index (χ0) is 13.5. The summed E-state index contributed by atoms with van der Waals surface area (Å²) in [5, 5.41) is 17.5. The van der Waals surface area contributed by atoms with E-state index in [1.54, 1.807) is 4.90 Å². The van der Waals surface area contributed by atoms with Gasteiger partial charge in [0.1, 0.15) is 18.4 Å². The summed E-state index contributed by atoms with van der Waals surface area (Å²) in [6.07, 6.45) is 2.75. The van der Waals surface area contributed by atoms with E-state index in [0.717, 1.165) is 0 Å². The van der Waals surface area contributed by atoms with E-state index in [-0.39, 0.29) is 12.2 Å². The highest BCUT2D eigenvalue weighted by Crippen LogP contribution is 2.08. The van der Waals surface area contributed by atoms with Gasteiger partial charge in [0, 0.05) is 13.1 Å². The maximum Gasteiger partial charge on any atom is 0.323 e. The van der Waals surface area contributed by atoms with Crippen LogP contribution in [0.1, 0.15) is 5.69 Å². The standard InChI is InChI=1S/C11H15N5O2/c1-15(2)3-4-16(8-11(17)18)10-7-13-9(5-12)6-14-10/h6-7H,3-4,8H2,1-2H3,(H,17,18). The van der Waals surface area contributed by atoms with Crippen LogP contribution in [-0.2, 0) is 4.79 Å². The number of nitrogens with zero attached hydrogens (tertiary/aromatic N) is 5. The molecule has 1 rings (SSSR count). The highest BCUT2D eigenvalue weighted by atomic mass is 16.4. The van der Waals surface area contributed by atoms with E-state index in [0.29, 0.717) is 18.9 Å². The molecule has 1 N–H and O–H groups in total. The number of likely N-dealkylation sites (N-methyl/N-ethyl adjacent to an activating group) is 1. The number of carbonyl (C=O) groups is 1. The number of anilines is 1. The summed E-state index contributed by atoms with van der Waals surface area (Å²) in [7, 11) is 3.81. The minimum atomic E-state index is -0.931. The number of carboxylic acids is 1. The van der Waals surface area contributed by atoms with Gasteiger partial charge in [-0.3, -0.25) is 4.79 Å². The lowest BCUT2D eigenvalue weighted by atomic mass is 10.4. The molecule has 0 aliphatic rings. The van der Waals surface area contributed by atoms with Crippen LogP contribution in [0.2, 0.25) is 0 Å². The van der Waals surface area contributed by atoms with Crippen molar-refractivity contribution in [3.8, 4) is 6.07 Å². The molecule has 0 spiro atoms. The molecule has 1 aromatic rings. The van der Waals surface area contributed by atoms with Crippen LogP contribution in [0.15, 0.2) is 12.4 Å². The van der Waals surface area contributed by atoms with Gasteiger partial charge in [0.15, 0.2) is 5.69 Å². The molecule has 0 atom stereocenters. The van der Waals surface area contributed by atoms with Gasteiger partial charge in [0.25, 0.3) is 0 Å². The third-order valence-electron chi connectivity index (χ3n) is 2.22. The summed E-state index contributed by atoms with van der Waals surface area (Å²) in [5.74, 6) is -0.474. The Morgan fingerprint density at radius 1 is 1.39 bits per heavy atom. The summed E-state index contributed by atoms with van der Waals surface area (Å²) in [6.45, 7) is 1.09. The lowest BCUT2D eigenvalue weighted by Crippen LogP contribution is -2.36. The Morgan fingerprint density at radius 3 is 2.56 bits per heavy atom. The molecule has 0 radical (unpaired) electrons. The fourth-order valence-electron chi connectivity index (χ4n) is 1.30. The van der Waals surface area contributed by atoms with Crippen LogP contribution in [0.5, 0.6) is 0 Å². The molecule has 0 unspecified atom stereocenters. The fraction of sp³-hybridized carbons (Fsp3) is 0.455. The van der Waals surface area contributed by atoms with Gasteiger partial charge in [-0.05, 0) is 14.1 Å². The molecule has 1 heterocycles. The van der Waals surface area contributed by atoms with Crippen LogP contribution in [0, 0.1) is 11.3 Å². The number of aliphatic carboxylic acids is 1. The normalized spacial score (nSPS) is 10.1. The lowest BCUT2D eigenvalue weighted by Gasteiger charge is -2.23. The van der Waals surface area contributed by atoms with E-state index in [2.05, 4.69) is 9.97 Å². The molecule has 0 saturated heterocycles. The average Bonchev–Trinajstić information content (AvgIpc) is 2.34. The van der Waals surface area contributed by atoms with E-state index in [1.807, 2.05) is 25.1 Å². The first-order valence-corrected chi connectivity index (χ1v) is 5.36. The van der Waals surface area contributed by atoms with Gasteiger partial charge >= 0.3 is 5.97 Å². The summed E-state index contributed by atoms with van der Waals surface area (Å²) < 4.78 is 0. The smallest absolute Gasteiger partial charge is 0.323 e. The Bertz CT molecular complexity index is 438. The largest absolute Gasteiger partial charge is 0.480 e. The summed E-state index contributed by atoms with van der Waals surface area (Å²) in [5.41, 5.74) is 0.210. The van der Waals surface area contributed by atoms with Gasteiger partial charge in [-0.25, -0.2) is 9.97 Å². The molecule has 7 heteroatoms. The van der Waals surface area contributed by atoms with Crippen molar-refractivity contribution in [3.63, 3.8) is 0 Å². The number of hydrogen-bond acceptors (Lipinski definition) is 6. The minimum Gasteiger partial charge on any atom is -0.480 e. The van der Waals surface area contributed by atoms with Gasteiger partial charge in [0.05, 0.1) is 12.4 Å². The maximum atomic E-state index is 10.8. The van der Waals surface area contributed by atoms with E-state index >= 15 is 0 Å². The second-order valence-corrected chi connectivity index (χ2v) is 3.99. The maximum absolute atomic E-state index is 10.8. The van der Waals surface area contributed by atoms with Crippen LogP contribution in [0.25, 0.3) is 0 Å². The number of nitriles is 1. The quantitative estimate of drug-likeness (QED) is 0.746. The fourth-order valence-corrected chi connectivity index (χ4v) is 1.30. The Hall–Kier alpha value is -2.20. The Labute approximate surface area is 105 Å². The predicted molar refractivity (Wildman–Crippen MR) is 65.1 cm³/mol. The van der Waals surface area contributed by atoms with Crippen molar-refractivity contribution >= 4 is 11.8 Å². The van der Waals surface area contributed by atoms with Crippen molar-refractivity contribution < 1.29 is 9.90 Å². The molecule has 0 saturated carbocycles. The van der Waals surface area contributed by atoms with Gasteiger partial charge in [-0.1, -0.05) is 0 Å². The molecule has 1 aromatic heterocycles. The van der Waals surface area contributed by atoms with Crippen molar-refractivity contribution in [1.29, 1.82) is 5.26 Å². The second kappa shape index (κ2) is 6.51. The van der Waals surface area contributed by atoms with Crippen LogP contribution in [0.4, 0.5) is 5.82 Å². The third-order valence-corrected chi connectivity index (χ3v) is 2.22. The SMILES string of the molecule is CN(C)CCN(CC(=O)O)c1cnc(C#N)cn1. The van der Waals surface area contributed by atoms with E-state index in [1.165, 1.54) is 12.4 Å². The van der Waals surface area contributed by atoms with Gasteiger partial charge < -0.3 is 14.9 Å². The van der Waals surface area contributed by atoms with Crippen molar-refractivity contribution in [2.24, 2.45) is 0 Å². The summed E-state index contributed by atoms with van der Waals surface area (Å²) in [4.78, 5) is 22.3. The van der Waals surface area contributed by atoms with Crippen LogP contribution in [0.3, 0.4) is 0 Å². The average molecular weight is 249 g/mol. The molecule has 96 valence electrons. The van der Waals surface area contributed by atoms with Crippen LogP contribution in [-0.4, -0.2) is 59.7 Å². The van der Waals surface area contributed by atoms with Gasteiger partial charge in [0.2, 0.25) is 0 Å². The number of carboxylic acid groups (broad SMARTS) is 1. The van der Waals surface area contributed by atoms with E-state index in [4.69, 9.17) is 10.4 Å². The van der Waals surface area contributed by atoms with Gasteiger partial charge in [-0.2, -0.15) is 5.26 Å². The van der Waals surface area contributed by atoms with Crippen LogP contribution < -0.4 is 4.90 Å². The zero-order valence-corrected chi connectivity index (χ0v) is 10.4. The number of hydrogen-bond donors (Lipinski definition) is 1. The van der Waals surface area contributed by atoms with E-state index < -0.39 is 5.97 Å². The van der Waals surface area contributed by atoms with Gasteiger partial charge in [-0.15, -0.1) is 0 Å². The first kappa shape index (κ1) is 13.9. The number of aromatic nitrogens is 2. The predicted octanol–water partition coefficient (Wildman–Crippen LogP) is -0.199. The summed E-state index contributed by atoms with van der Waals surface area (Å²) >= 11 is 0. The van der Waals surface area contributed by atoms with Crippen molar-refractivity contribution in [3.05, 3.63) is 18.1 Å². The topological polar surface area (TPSA) is 93.4 Å². The van der Waals surface area contributed by atoms with E-state index in [9.17, 15) is 4.79 Å². The van der Waals surface area contributed by atoms with Crippen molar-refractivity contribution in [1.82, 2.24) is 14.9 Å². The Morgan fingerprint density at radius 2 is 2.11 bits per heavy atom. The molecule has 0 fully saturated rings. The van der Waals surface area contributed by atoms with Crippen molar-refractivity contribution in [2.75, 3.05) is 38.6 Å². The molecule has 18 heavy (non-hydrogen) atoms. The molecular formula is C11H15N5O2. The lowest BCUT2D eigenvalue weighted by molar-refractivity contribution is -0.135. The van der Waals surface area contributed by atoms with Crippen LogP contribution >= 0.6 is 0 Å². The second-order valence-electron chi connectivity index (χ2n) is 3.99. The highest BCUT2D eigenvalue weighted by Gasteiger charge is 2.12. The zero-order valence-electron chi connectivity index (χ0n) is 10.4. The van der Waals surface area contributed by atoms with Crippen molar-refractivity contribution in [2.45, 2.75) is 0 Å².